The lowest BCUT2D eigenvalue weighted by atomic mass is 9.99. The Kier molecular flexibility index (Phi) is 5.41. The van der Waals surface area contributed by atoms with E-state index in [2.05, 4.69) is 4.98 Å². The maximum absolute atomic E-state index is 14.4. The number of ketones is 1. The molecule has 27 heavy (non-hydrogen) atoms. The maximum atomic E-state index is 14.4. The van der Waals surface area contributed by atoms with Gasteiger partial charge < -0.3 is 14.2 Å². The fourth-order valence-electron chi connectivity index (χ4n) is 2.72. The van der Waals surface area contributed by atoms with Crippen LogP contribution in [0, 0.1) is 12.7 Å². The van der Waals surface area contributed by atoms with Crippen molar-refractivity contribution in [1.82, 2.24) is 4.98 Å². The van der Waals surface area contributed by atoms with Crippen molar-refractivity contribution in [3.05, 3.63) is 57.7 Å². The standard InChI is InChI=1S/C20H18FNO4S/c1-11-22-16(10-27-11)12-5-6-15(21)14(7-12)19(23)13-8-17(24-2)20(26-4)18(9-13)25-3/h5-10H,1-4H3. The first-order chi connectivity index (χ1) is 13.0. The summed E-state index contributed by atoms with van der Waals surface area (Å²) in [6.45, 7) is 1.89. The Morgan fingerprint density at radius 3 is 2.22 bits per heavy atom. The zero-order chi connectivity index (χ0) is 19.6. The molecule has 0 fully saturated rings. The van der Waals surface area contributed by atoms with Crippen molar-refractivity contribution in [2.75, 3.05) is 21.3 Å². The average Bonchev–Trinajstić information content (AvgIpc) is 3.12. The van der Waals surface area contributed by atoms with Gasteiger partial charge in [0.05, 0.1) is 37.6 Å². The Hall–Kier alpha value is -2.93. The molecule has 0 aliphatic rings. The molecule has 2 aromatic carbocycles. The van der Waals surface area contributed by atoms with Crippen LogP contribution in [0.4, 0.5) is 4.39 Å². The molecule has 0 bridgehead atoms. The number of aryl methyl sites for hydroxylation is 1. The van der Waals surface area contributed by atoms with Crippen LogP contribution in [0.3, 0.4) is 0 Å². The normalized spacial score (nSPS) is 10.6. The van der Waals surface area contributed by atoms with Crippen LogP contribution in [0.1, 0.15) is 20.9 Å². The molecular formula is C20H18FNO4S. The summed E-state index contributed by atoms with van der Waals surface area (Å²) in [6.07, 6.45) is 0. The first-order valence-electron chi connectivity index (χ1n) is 8.05. The lowest BCUT2D eigenvalue weighted by Crippen LogP contribution is -2.06. The van der Waals surface area contributed by atoms with Gasteiger partial charge in [0.1, 0.15) is 5.82 Å². The first kappa shape index (κ1) is 18.8. The van der Waals surface area contributed by atoms with Crippen molar-refractivity contribution >= 4 is 17.1 Å². The lowest BCUT2D eigenvalue weighted by molar-refractivity contribution is 0.103. The molecule has 5 nitrogen and oxygen atoms in total. The number of hydrogen-bond acceptors (Lipinski definition) is 6. The van der Waals surface area contributed by atoms with Crippen LogP contribution in [-0.2, 0) is 0 Å². The van der Waals surface area contributed by atoms with Crippen molar-refractivity contribution in [1.29, 1.82) is 0 Å². The Morgan fingerprint density at radius 2 is 1.70 bits per heavy atom. The molecule has 7 heteroatoms. The minimum Gasteiger partial charge on any atom is -0.493 e. The number of thiazole rings is 1. The zero-order valence-electron chi connectivity index (χ0n) is 15.3. The predicted octanol–water partition coefficient (Wildman–Crippen LogP) is 4.51. The van der Waals surface area contributed by atoms with E-state index < -0.39 is 11.6 Å². The van der Waals surface area contributed by atoms with Crippen molar-refractivity contribution in [2.24, 2.45) is 0 Å². The third-order valence-electron chi connectivity index (χ3n) is 4.05. The second-order valence-corrected chi connectivity index (χ2v) is 6.75. The number of methoxy groups -OCH3 is 3. The van der Waals surface area contributed by atoms with E-state index in [1.54, 1.807) is 6.07 Å². The third-order valence-corrected chi connectivity index (χ3v) is 4.83. The van der Waals surface area contributed by atoms with Gasteiger partial charge in [-0.15, -0.1) is 11.3 Å². The summed E-state index contributed by atoms with van der Waals surface area (Å²) < 4.78 is 30.2. The van der Waals surface area contributed by atoms with Crippen LogP contribution in [0.5, 0.6) is 17.2 Å². The van der Waals surface area contributed by atoms with E-state index in [1.165, 1.54) is 56.9 Å². The highest BCUT2D eigenvalue weighted by Crippen LogP contribution is 2.39. The van der Waals surface area contributed by atoms with Gasteiger partial charge in [-0.1, -0.05) is 0 Å². The van der Waals surface area contributed by atoms with Crippen LogP contribution in [0.25, 0.3) is 11.3 Å². The minimum atomic E-state index is -0.607. The maximum Gasteiger partial charge on any atom is 0.203 e. The van der Waals surface area contributed by atoms with Gasteiger partial charge in [0.25, 0.3) is 0 Å². The molecule has 140 valence electrons. The highest BCUT2D eigenvalue weighted by atomic mass is 32.1. The number of aromatic nitrogens is 1. The van der Waals surface area contributed by atoms with Gasteiger partial charge in [0, 0.05) is 16.5 Å². The fraction of sp³-hybridized carbons (Fsp3) is 0.200. The molecule has 0 radical (unpaired) electrons. The minimum absolute atomic E-state index is 0.0487. The number of nitrogens with zero attached hydrogens (tertiary/aromatic N) is 1. The molecule has 0 saturated heterocycles. The van der Waals surface area contributed by atoms with Crippen LogP contribution >= 0.6 is 11.3 Å². The number of ether oxygens (including phenoxy) is 3. The van der Waals surface area contributed by atoms with Gasteiger partial charge >= 0.3 is 0 Å². The van der Waals surface area contributed by atoms with E-state index >= 15 is 0 Å². The van der Waals surface area contributed by atoms with Gasteiger partial charge in [0.15, 0.2) is 17.3 Å². The largest absolute Gasteiger partial charge is 0.493 e. The molecule has 3 aromatic rings. The zero-order valence-corrected chi connectivity index (χ0v) is 16.1. The van der Waals surface area contributed by atoms with Gasteiger partial charge in [-0.2, -0.15) is 0 Å². The SMILES string of the molecule is COc1cc(C(=O)c2cc(-c3csc(C)n3)ccc2F)cc(OC)c1OC. The fourth-order valence-corrected chi connectivity index (χ4v) is 3.34. The molecule has 1 heterocycles. The summed E-state index contributed by atoms with van der Waals surface area (Å²) in [5, 5.41) is 2.77. The Labute approximate surface area is 160 Å². The number of carbonyl (C=O) groups excluding carboxylic acids is 1. The predicted molar refractivity (Wildman–Crippen MR) is 102 cm³/mol. The number of rotatable bonds is 6. The van der Waals surface area contributed by atoms with Crippen molar-refractivity contribution in [2.45, 2.75) is 6.92 Å². The summed E-state index contributed by atoms with van der Waals surface area (Å²) in [5.41, 5.74) is 1.57. The van der Waals surface area contributed by atoms with Crippen molar-refractivity contribution in [3.8, 4) is 28.5 Å². The topological polar surface area (TPSA) is 57.7 Å². The van der Waals surface area contributed by atoms with E-state index in [1.807, 2.05) is 12.3 Å². The second kappa shape index (κ2) is 7.75. The van der Waals surface area contributed by atoms with Crippen LogP contribution in [0.15, 0.2) is 35.7 Å². The van der Waals surface area contributed by atoms with Gasteiger partial charge in [-0.25, -0.2) is 9.37 Å². The molecule has 0 aliphatic carbocycles. The summed E-state index contributed by atoms with van der Waals surface area (Å²) in [4.78, 5) is 17.4. The van der Waals surface area contributed by atoms with E-state index in [-0.39, 0.29) is 11.1 Å². The van der Waals surface area contributed by atoms with E-state index in [9.17, 15) is 9.18 Å². The second-order valence-electron chi connectivity index (χ2n) is 5.69. The van der Waals surface area contributed by atoms with Gasteiger partial charge in [-0.3, -0.25) is 4.79 Å². The average molecular weight is 387 g/mol. The van der Waals surface area contributed by atoms with Crippen LogP contribution in [0.2, 0.25) is 0 Å². The molecule has 0 aliphatic heterocycles. The number of hydrogen-bond donors (Lipinski definition) is 0. The third kappa shape index (κ3) is 3.64. The Morgan fingerprint density at radius 1 is 1.04 bits per heavy atom. The molecule has 0 N–H and O–H groups in total. The monoisotopic (exact) mass is 387 g/mol. The highest BCUT2D eigenvalue weighted by Gasteiger charge is 2.21. The number of benzene rings is 2. The van der Waals surface area contributed by atoms with Crippen molar-refractivity contribution in [3.63, 3.8) is 0 Å². The van der Waals surface area contributed by atoms with Crippen LogP contribution in [-0.4, -0.2) is 32.1 Å². The van der Waals surface area contributed by atoms with Crippen LogP contribution < -0.4 is 14.2 Å². The quantitative estimate of drug-likeness (QED) is 0.582. The molecule has 0 unspecified atom stereocenters. The summed E-state index contributed by atoms with van der Waals surface area (Å²) in [7, 11) is 4.38. The van der Waals surface area contributed by atoms with E-state index in [0.29, 0.717) is 28.5 Å². The number of carbonyl (C=O) groups is 1. The highest BCUT2D eigenvalue weighted by molar-refractivity contribution is 7.09. The van der Waals surface area contributed by atoms with E-state index in [4.69, 9.17) is 14.2 Å². The number of halogens is 1. The summed E-state index contributed by atoms with van der Waals surface area (Å²) in [6, 6.07) is 7.39. The lowest BCUT2D eigenvalue weighted by Gasteiger charge is -2.14. The summed E-state index contributed by atoms with van der Waals surface area (Å²) in [5.74, 6) is -0.0764. The van der Waals surface area contributed by atoms with E-state index in [0.717, 1.165) is 5.01 Å². The molecule has 0 spiro atoms. The molecule has 0 amide bonds. The Bertz CT molecular complexity index is 974. The molecule has 1 aromatic heterocycles. The van der Waals surface area contributed by atoms with Gasteiger partial charge in [0.2, 0.25) is 5.75 Å². The summed E-state index contributed by atoms with van der Waals surface area (Å²) >= 11 is 1.49. The molecule has 0 atom stereocenters. The Balaban J connectivity index is 2.08. The van der Waals surface area contributed by atoms with Gasteiger partial charge in [-0.05, 0) is 37.3 Å². The molecular weight excluding hydrogens is 369 g/mol. The smallest absolute Gasteiger partial charge is 0.203 e. The molecule has 0 saturated carbocycles. The van der Waals surface area contributed by atoms with Crippen molar-refractivity contribution < 1.29 is 23.4 Å². The molecule has 3 rings (SSSR count). The first-order valence-corrected chi connectivity index (χ1v) is 8.93.